The molecule has 2 aromatic rings. The molecule has 0 bridgehead atoms. The highest BCUT2D eigenvalue weighted by Crippen LogP contribution is 2.37. The largest absolute Gasteiger partial charge is 0.496 e. The predicted octanol–water partition coefficient (Wildman–Crippen LogP) is 3.91. The summed E-state index contributed by atoms with van der Waals surface area (Å²) >= 11 is 6.17. The van der Waals surface area contributed by atoms with E-state index < -0.39 is 5.54 Å². The number of hydrogen-bond acceptors (Lipinski definition) is 5. The topological polar surface area (TPSA) is 75.2 Å². The number of fused-ring (bicyclic) bond motifs is 1. The number of ether oxygens (including phenoxy) is 2. The van der Waals surface area contributed by atoms with Crippen molar-refractivity contribution in [1.82, 2.24) is 4.90 Å². The molecule has 2 aliphatic heterocycles. The van der Waals surface area contributed by atoms with E-state index in [4.69, 9.17) is 26.1 Å². The highest BCUT2D eigenvalue weighted by molar-refractivity contribution is 6.31. The zero-order chi connectivity index (χ0) is 21.8. The minimum absolute atomic E-state index is 0.102. The lowest BCUT2D eigenvalue weighted by molar-refractivity contribution is 0.0691. The molecule has 8 heteroatoms. The van der Waals surface area contributed by atoms with Gasteiger partial charge in [0.05, 0.1) is 43.7 Å². The van der Waals surface area contributed by atoms with E-state index in [-0.39, 0.29) is 5.91 Å². The molecule has 164 valence electrons. The van der Waals surface area contributed by atoms with Crippen LogP contribution in [0, 0.1) is 0 Å². The lowest BCUT2D eigenvalue weighted by atomic mass is 9.84. The van der Waals surface area contributed by atoms with Crippen molar-refractivity contribution in [2.24, 2.45) is 4.99 Å². The summed E-state index contributed by atoms with van der Waals surface area (Å²) in [5.74, 6) is 1.25. The molecular weight excluding hydrogens is 416 g/mol. The predicted molar refractivity (Wildman–Crippen MR) is 124 cm³/mol. The van der Waals surface area contributed by atoms with Gasteiger partial charge in [-0.15, -0.1) is 0 Å². The molecule has 1 atom stereocenters. The van der Waals surface area contributed by atoms with E-state index in [0.717, 1.165) is 30.1 Å². The molecule has 2 N–H and O–H groups in total. The Hall–Kier alpha value is -2.77. The molecule has 2 aromatic carbocycles. The number of carbonyl (C=O) groups is 1. The number of hydrogen-bond donors (Lipinski definition) is 2. The number of rotatable bonds is 5. The van der Waals surface area contributed by atoms with Crippen molar-refractivity contribution in [3.05, 3.63) is 53.1 Å². The number of nitrogens with one attached hydrogen (secondary N) is 2. The van der Waals surface area contributed by atoms with Crippen LogP contribution in [-0.4, -0.2) is 62.6 Å². The Labute approximate surface area is 187 Å². The molecule has 1 spiro atoms. The molecule has 0 saturated carbocycles. The maximum absolute atomic E-state index is 13.4. The van der Waals surface area contributed by atoms with Gasteiger partial charge < -0.3 is 25.0 Å². The lowest BCUT2D eigenvalue weighted by Crippen LogP contribution is -2.62. The number of aliphatic imine (C=N–C) groups is 1. The number of methoxy groups -OCH3 is 2. The van der Waals surface area contributed by atoms with E-state index >= 15 is 0 Å². The molecule has 1 amide bonds. The van der Waals surface area contributed by atoms with Crippen LogP contribution in [0.2, 0.25) is 5.02 Å². The minimum atomic E-state index is -0.498. The van der Waals surface area contributed by atoms with Gasteiger partial charge in [0.25, 0.3) is 5.91 Å². The smallest absolute Gasteiger partial charge is 0.257 e. The number of amides is 1. The number of carbonyl (C=O) groups excluding carboxylic acids is 1. The minimum Gasteiger partial charge on any atom is -0.496 e. The zero-order valence-corrected chi connectivity index (χ0v) is 18.5. The third-order valence-corrected chi connectivity index (χ3v) is 5.98. The second-order valence-corrected chi connectivity index (χ2v) is 8.21. The molecule has 1 fully saturated rings. The summed E-state index contributed by atoms with van der Waals surface area (Å²) in [6, 6.07) is 13.2. The summed E-state index contributed by atoms with van der Waals surface area (Å²) in [7, 11) is 3.22. The molecule has 0 aliphatic carbocycles. The van der Waals surface area contributed by atoms with Crippen LogP contribution in [0.4, 0.5) is 11.4 Å². The first-order valence-corrected chi connectivity index (χ1v) is 10.7. The number of benzene rings is 2. The highest BCUT2D eigenvalue weighted by Gasteiger charge is 2.44. The molecule has 4 rings (SSSR count). The maximum atomic E-state index is 13.4. The molecule has 0 unspecified atom stereocenters. The maximum Gasteiger partial charge on any atom is 0.257 e. The van der Waals surface area contributed by atoms with Crippen molar-refractivity contribution in [2.45, 2.75) is 18.4 Å². The van der Waals surface area contributed by atoms with E-state index in [1.807, 2.05) is 29.2 Å². The van der Waals surface area contributed by atoms with E-state index in [2.05, 4.69) is 10.6 Å². The van der Waals surface area contributed by atoms with E-state index in [1.54, 1.807) is 32.4 Å². The summed E-state index contributed by atoms with van der Waals surface area (Å²) < 4.78 is 10.6. The fraction of sp³-hybridized carbons (Fsp3) is 0.391. The van der Waals surface area contributed by atoms with Gasteiger partial charge in [0.1, 0.15) is 17.1 Å². The molecule has 0 radical (unpaired) electrons. The van der Waals surface area contributed by atoms with Crippen LogP contribution in [0.15, 0.2) is 47.5 Å². The van der Waals surface area contributed by atoms with Gasteiger partial charge in [0, 0.05) is 18.7 Å². The van der Waals surface area contributed by atoms with Crippen LogP contribution >= 0.6 is 11.6 Å². The second-order valence-electron chi connectivity index (χ2n) is 7.78. The Balaban J connectivity index is 1.66. The fourth-order valence-corrected chi connectivity index (χ4v) is 4.42. The van der Waals surface area contributed by atoms with E-state index in [0.29, 0.717) is 42.6 Å². The first kappa shape index (κ1) is 21.5. The lowest BCUT2D eigenvalue weighted by Gasteiger charge is -2.47. The van der Waals surface area contributed by atoms with Gasteiger partial charge in [0.15, 0.2) is 0 Å². The Bertz CT molecular complexity index is 997. The molecule has 1 saturated heterocycles. The van der Waals surface area contributed by atoms with Gasteiger partial charge in [-0.2, -0.15) is 0 Å². The van der Waals surface area contributed by atoms with Gasteiger partial charge in [-0.1, -0.05) is 23.7 Å². The summed E-state index contributed by atoms with van der Waals surface area (Å²) in [4.78, 5) is 20.1. The highest BCUT2D eigenvalue weighted by atomic mass is 35.5. The number of para-hydroxylation sites is 2. The van der Waals surface area contributed by atoms with Gasteiger partial charge in [0.2, 0.25) is 0 Å². The van der Waals surface area contributed by atoms with E-state index in [9.17, 15) is 4.79 Å². The number of nitrogens with zero attached hydrogens (tertiary/aromatic N) is 2. The number of amidine groups is 1. The Morgan fingerprint density at radius 2 is 2.03 bits per heavy atom. The second kappa shape index (κ2) is 9.16. The van der Waals surface area contributed by atoms with Gasteiger partial charge >= 0.3 is 0 Å². The molecule has 2 aliphatic rings. The van der Waals surface area contributed by atoms with Crippen molar-refractivity contribution in [2.75, 3.05) is 51.1 Å². The van der Waals surface area contributed by atoms with Crippen molar-refractivity contribution in [1.29, 1.82) is 0 Å². The first-order chi connectivity index (χ1) is 15.1. The average Bonchev–Trinajstić information content (AvgIpc) is 2.79. The average molecular weight is 443 g/mol. The van der Waals surface area contributed by atoms with Crippen molar-refractivity contribution < 1.29 is 14.3 Å². The summed E-state index contributed by atoms with van der Waals surface area (Å²) in [6.45, 7) is 2.21. The van der Waals surface area contributed by atoms with Crippen molar-refractivity contribution >= 4 is 34.7 Å². The van der Waals surface area contributed by atoms with Crippen molar-refractivity contribution in [3.8, 4) is 5.75 Å². The van der Waals surface area contributed by atoms with Crippen LogP contribution in [0.3, 0.4) is 0 Å². The Kier molecular flexibility index (Phi) is 6.34. The quantitative estimate of drug-likeness (QED) is 0.687. The fourth-order valence-electron chi connectivity index (χ4n) is 4.25. The monoisotopic (exact) mass is 442 g/mol. The van der Waals surface area contributed by atoms with E-state index in [1.165, 1.54) is 0 Å². The zero-order valence-electron chi connectivity index (χ0n) is 17.8. The summed E-state index contributed by atoms with van der Waals surface area (Å²) in [6.07, 6.45) is 1.70. The van der Waals surface area contributed by atoms with Gasteiger partial charge in [-0.05, 0) is 43.2 Å². The van der Waals surface area contributed by atoms with Gasteiger partial charge in [-0.25, -0.2) is 0 Å². The molecule has 2 heterocycles. The third kappa shape index (κ3) is 4.34. The molecular formula is C23H27ClN4O3. The third-order valence-electron chi connectivity index (χ3n) is 5.74. The molecule has 0 aromatic heterocycles. The SMILES string of the molecule is COCCN=C1Nc2ccccc2N[C@]12CCCN(C(=O)c1cc(Cl)ccc1OC)C2. The summed E-state index contributed by atoms with van der Waals surface area (Å²) in [5, 5.41) is 7.68. The number of anilines is 2. The Morgan fingerprint density at radius 3 is 2.81 bits per heavy atom. The normalized spacial score (nSPS) is 21.4. The summed E-state index contributed by atoms with van der Waals surface area (Å²) in [5.41, 5.74) is 1.95. The number of halogens is 1. The standard InChI is InChI=1S/C23H27ClN4O3/c1-30-13-11-25-22-23(27-19-7-4-3-6-18(19)26-22)10-5-12-28(15-23)21(29)17-14-16(24)8-9-20(17)31-2/h3-4,6-9,14,27H,5,10-13,15H2,1-2H3,(H,25,26)/t23-/m0/s1. The van der Waals surface area contributed by atoms with Crippen LogP contribution in [-0.2, 0) is 4.74 Å². The number of piperidine rings is 1. The molecule has 31 heavy (non-hydrogen) atoms. The van der Waals surface area contributed by atoms with Crippen LogP contribution < -0.4 is 15.4 Å². The van der Waals surface area contributed by atoms with Gasteiger partial charge in [-0.3, -0.25) is 9.79 Å². The van der Waals surface area contributed by atoms with Crippen LogP contribution in [0.1, 0.15) is 23.2 Å². The first-order valence-electron chi connectivity index (χ1n) is 10.4. The number of likely N-dealkylation sites (tertiary alicyclic amines) is 1. The Morgan fingerprint density at radius 1 is 1.23 bits per heavy atom. The van der Waals surface area contributed by atoms with Crippen molar-refractivity contribution in [3.63, 3.8) is 0 Å². The molecule has 7 nitrogen and oxygen atoms in total. The van der Waals surface area contributed by atoms with Crippen LogP contribution in [0.25, 0.3) is 0 Å². The van der Waals surface area contributed by atoms with Crippen LogP contribution in [0.5, 0.6) is 5.75 Å².